The monoisotopic (exact) mass is 907 g/mol. The van der Waals surface area contributed by atoms with E-state index in [-0.39, 0.29) is 31.2 Å². The average molecular weight is 908 g/mol. The lowest BCUT2D eigenvalue weighted by atomic mass is 9.91. The van der Waals surface area contributed by atoms with Crippen LogP contribution in [0.2, 0.25) is 0 Å². The predicted octanol–water partition coefficient (Wildman–Crippen LogP) is 8.78. The molecule has 65 heavy (non-hydrogen) atoms. The summed E-state index contributed by atoms with van der Waals surface area (Å²) in [5.74, 6) is 3.44. The Morgan fingerprint density at radius 3 is 1.17 bits per heavy atom. The van der Waals surface area contributed by atoms with Crippen LogP contribution >= 0.6 is 0 Å². The molecule has 11 nitrogen and oxygen atoms in total. The zero-order valence-corrected chi connectivity index (χ0v) is 39.1. The minimum atomic E-state index is -3.78. The van der Waals surface area contributed by atoms with Gasteiger partial charge in [-0.3, -0.25) is 0 Å². The van der Waals surface area contributed by atoms with Crippen LogP contribution < -0.4 is 18.9 Å². The fraction of sp³-hybridized carbons (Fsp3) is 0.434. The summed E-state index contributed by atoms with van der Waals surface area (Å²) in [6, 6.07) is 32.5. The molecule has 0 saturated heterocycles. The molecule has 0 saturated carbocycles. The fourth-order valence-electron chi connectivity index (χ4n) is 8.23. The summed E-state index contributed by atoms with van der Waals surface area (Å²) in [6.07, 6.45) is 4.17. The Hall–Kier alpha value is -4.95. The highest BCUT2D eigenvalue weighted by Gasteiger charge is 2.25. The van der Waals surface area contributed by atoms with Crippen molar-refractivity contribution in [1.29, 1.82) is 0 Å². The maximum absolute atomic E-state index is 13.7. The van der Waals surface area contributed by atoms with Gasteiger partial charge in [0.2, 0.25) is 10.0 Å². The van der Waals surface area contributed by atoms with Gasteiger partial charge in [-0.2, -0.15) is 4.31 Å². The normalized spacial score (nSPS) is 16.5. The van der Waals surface area contributed by atoms with Gasteiger partial charge in [-0.1, -0.05) is 104 Å². The minimum Gasteiger partial charge on any atom is -0.493 e. The number of aryl methyl sites for hydroxylation is 1. The lowest BCUT2D eigenvalue weighted by Gasteiger charge is -2.23. The topological polar surface area (TPSA) is 111 Å². The molecule has 348 valence electrons. The van der Waals surface area contributed by atoms with E-state index in [2.05, 4.69) is 86.6 Å². The van der Waals surface area contributed by atoms with Crippen LogP contribution in [0.4, 0.5) is 0 Å². The van der Waals surface area contributed by atoms with Crippen molar-refractivity contribution in [2.45, 2.75) is 64.2 Å². The third-order valence-corrected chi connectivity index (χ3v) is 13.4. The molecular formula is C53H65NO10S. The Morgan fingerprint density at radius 1 is 0.462 bits per heavy atom. The van der Waals surface area contributed by atoms with Crippen LogP contribution in [-0.2, 0) is 54.7 Å². The first-order valence-corrected chi connectivity index (χ1v) is 24.6. The second-order valence-electron chi connectivity index (χ2n) is 16.4. The van der Waals surface area contributed by atoms with Gasteiger partial charge < -0.3 is 37.9 Å². The van der Waals surface area contributed by atoms with Gasteiger partial charge in [-0.05, 0) is 76.4 Å². The van der Waals surface area contributed by atoms with E-state index in [1.54, 1.807) is 24.3 Å². The van der Waals surface area contributed by atoms with Crippen molar-refractivity contribution in [3.63, 3.8) is 0 Å². The zero-order chi connectivity index (χ0) is 45.3. The van der Waals surface area contributed by atoms with E-state index in [1.165, 1.54) is 4.31 Å². The number of rotatable bonds is 8. The molecular weight excluding hydrogens is 843 g/mol. The van der Waals surface area contributed by atoms with Gasteiger partial charge in [-0.15, -0.1) is 0 Å². The molecule has 3 aliphatic rings. The molecule has 0 N–H and O–H groups in total. The highest BCUT2D eigenvalue weighted by molar-refractivity contribution is 7.89. The molecule has 10 bridgehead atoms. The van der Waals surface area contributed by atoms with Gasteiger partial charge >= 0.3 is 0 Å². The number of ether oxygens (including phenoxy) is 8. The van der Waals surface area contributed by atoms with Gasteiger partial charge in [0.25, 0.3) is 0 Å². The van der Waals surface area contributed by atoms with E-state index in [0.717, 1.165) is 85.9 Å². The molecule has 0 aromatic heterocycles. The summed E-state index contributed by atoms with van der Waals surface area (Å²) < 4.78 is 79.4. The first-order valence-electron chi connectivity index (χ1n) is 23.2. The maximum atomic E-state index is 13.7. The van der Waals surface area contributed by atoms with Crippen LogP contribution in [0.25, 0.3) is 0 Å². The number of para-hydroxylation sites is 4. The van der Waals surface area contributed by atoms with Gasteiger partial charge in [0.05, 0.1) is 71.0 Å². The minimum absolute atomic E-state index is 0.168. The van der Waals surface area contributed by atoms with Crippen LogP contribution in [0.1, 0.15) is 76.8 Å². The van der Waals surface area contributed by atoms with E-state index < -0.39 is 10.0 Å². The smallest absolute Gasteiger partial charge is 0.243 e. The first-order chi connectivity index (χ1) is 31.9. The summed E-state index contributed by atoms with van der Waals surface area (Å²) in [7, 11) is -3.78. The summed E-state index contributed by atoms with van der Waals surface area (Å²) in [4.78, 5) is 0.234. The fourth-order valence-corrected chi connectivity index (χ4v) is 9.64. The highest BCUT2D eigenvalue weighted by Crippen LogP contribution is 2.39. The summed E-state index contributed by atoms with van der Waals surface area (Å²) in [6.45, 7) is 10.7. The second kappa shape index (κ2) is 24.5. The number of benzene rings is 5. The van der Waals surface area contributed by atoms with E-state index in [0.29, 0.717) is 91.8 Å². The largest absolute Gasteiger partial charge is 0.493 e. The van der Waals surface area contributed by atoms with Crippen LogP contribution in [0.5, 0.6) is 23.0 Å². The summed E-state index contributed by atoms with van der Waals surface area (Å²) in [5.41, 5.74) is 9.53. The Morgan fingerprint density at radius 2 is 0.800 bits per heavy atom. The molecule has 2 aliphatic heterocycles. The van der Waals surface area contributed by atoms with Crippen molar-refractivity contribution in [3.05, 3.63) is 147 Å². The number of hydrogen-bond donors (Lipinski definition) is 0. The van der Waals surface area contributed by atoms with Crippen LogP contribution in [0.3, 0.4) is 0 Å². The van der Waals surface area contributed by atoms with Crippen molar-refractivity contribution in [1.82, 2.24) is 4.31 Å². The lowest BCUT2D eigenvalue weighted by Crippen LogP contribution is -2.37. The molecule has 0 atom stereocenters. The molecule has 12 heteroatoms. The summed E-state index contributed by atoms with van der Waals surface area (Å²) in [5, 5.41) is 0. The molecule has 0 unspecified atom stereocenters. The third kappa shape index (κ3) is 13.1. The van der Waals surface area contributed by atoms with E-state index in [9.17, 15) is 8.42 Å². The third-order valence-electron chi connectivity index (χ3n) is 11.5. The Kier molecular flexibility index (Phi) is 18.1. The standard InChI is InChI=1S/C53H65NO10S/c1-4-24-61-50-41-10-6-11-42(50)37-46-15-9-17-48-39-44-13-7-12-43(51(44)62-25-5-2)38-47-16-8-14-45(36-41)52(47)63-34-32-59-30-28-57-26-22-54(65(55,56)49-20-18-40(3)19-21-49)23-27-58-29-31-60-33-35-64-53(46)48/h6-21H,4-5,22-39H2,1-3H3. The molecule has 2 heterocycles. The van der Waals surface area contributed by atoms with Gasteiger partial charge in [0.15, 0.2) is 0 Å². The molecule has 5 aromatic carbocycles. The lowest BCUT2D eigenvalue weighted by molar-refractivity contribution is 0.0254. The van der Waals surface area contributed by atoms with E-state index >= 15 is 0 Å². The molecule has 1 aliphatic carbocycles. The highest BCUT2D eigenvalue weighted by atomic mass is 32.2. The quantitative estimate of drug-likeness (QED) is 0.138. The SMILES string of the molecule is CCCOc1c2cccc1Cc1cccc3c1OCCOCCOCCN(S(=O)(=O)c1ccc(C)cc1)CCOCCOCCOc1c(cccc1Cc1cccc(c1OCCC)C3)C2. The molecule has 0 spiro atoms. The Labute approximate surface area is 385 Å². The van der Waals surface area contributed by atoms with Gasteiger partial charge in [0.1, 0.15) is 36.2 Å². The maximum Gasteiger partial charge on any atom is 0.243 e. The number of sulfonamides is 1. The van der Waals surface area contributed by atoms with Gasteiger partial charge in [0, 0.05) is 38.8 Å². The first kappa shape index (κ1) is 48.0. The Bertz CT molecular complexity index is 2170. The Balaban J connectivity index is 1.22. The predicted molar refractivity (Wildman–Crippen MR) is 253 cm³/mol. The van der Waals surface area contributed by atoms with Crippen molar-refractivity contribution in [3.8, 4) is 23.0 Å². The number of hydrogen-bond acceptors (Lipinski definition) is 10. The average Bonchev–Trinajstić information content (AvgIpc) is 3.30. The molecule has 0 fully saturated rings. The zero-order valence-electron chi connectivity index (χ0n) is 38.3. The van der Waals surface area contributed by atoms with Crippen molar-refractivity contribution in [2.24, 2.45) is 0 Å². The van der Waals surface area contributed by atoms with Gasteiger partial charge in [-0.25, -0.2) is 8.42 Å². The second-order valence-corrected chi connectivity index (χ2v) is 18.3. The van der Waals surface area contributed by atoms with Crippen molar-refractivity contribution >= 4 is 10.0 Å². The van der Waals surface area contributed by atoms with Crippen LogP contribution in [-0.4, -0.2) is 105 Å². The van der Waals surface area contributed by atoms with Crippen molar-refractivity contribution < 1.29 is 46.3 Å². The van der Waals surface area contributed by atoms with Crippen LogP contribution in [0.15, 0.2) is 102 Å². The molecule has 0 radical (unpaired) electrons. The molecule has 5 aromatic rings. The molecule has 8 rings (SSSR count). The number of nitrogens with zero attached hydrogens (tertiary/aromatic N) is 1. The molecule has 0 amide bonds. The van der Waals surface area contributed by atoms with Crippen LogP contribution in [0, 0.1) is 6.92 Å². The van der Waals surface area contributed by atoms with E-state index in [4.69, 9.17) is 37.9 Å². The number of fused-ring (bicyclic) bond motifs is 18. The summed E-state index contributed by atoms with van der Waals surface area (Å²) >= 11 is 0. The van der Waals surface area contributed by atoms with Crippen molar-refractivity contribution in [2.75, 3.05) is 92.4 Å². The van der Waals surface area contributed by atoms with E-state index in [1.807, 2.05) is 6.92 Å².